The van der Waals surface area contributed by atoms with Gasteiger partial charge in [-0.05, 0) is 48.7 Å². The van der Waals surface area contributed by atoms with Gasteiger partial charge in [0.1, 0.15) is 6.61 Å². The Morgan fingerprint density at radius 2 is 1.54 bits per heavy atom. The third-order valence-corrected chi connectivity index (χ3v) is 4.09. The molecule has 1 amide bonds. The Balaban J connectivity index is 1.74. The molecule has 0 aromatic heterocycles. The SMILES string of the molecule is Cc1cc(C)c(OC(=O)OCc2ccccc2)c(NC(=O)c2ccccc2)c1. The van der Waals surface area contributed by atoms with Crippen LogP contribution in [0.4, 0.5) is 10.5 Å². The van der Waals surface area contributed by atoms with Gasteiger partial charge in [-0.3, -0.25) is 4.79 Å². The minimum absolute atomic E-state index is 0.107. The number of carbonyl (C=O) groups excluding carboxylic acids is 2. The molecule has 0 atom stereocenters. The first kappa shape index (κ1) is 19.2. The van der Waals surface area contributed by atoms with Crippen LogP contribution in [-0.2, 0) is 11.3 Å². The Kier molecular flexibility index (Phi) is 6.07. The Morgan fingerprint density at radius 1 is 0.893 bits per heavy atom. The van der Waals surface area contributed by atoms with E-state index in [1.807, 2.05) is 56.3 Å². The monoisotopic (exact) mass is 375 g/mol. The lowest BCUT2D eigenvalue weighted by atomic mass is 10.1. The molecular weight excluding hydrogens is 354 g/mol. The summed E-state index contributed by atoms with van der Waals surface area (Å²) in [6, 6.07) is 21.8. The van der Waals surface area contributed by atoms with Crippen molar-refractivity contribution in [3.8, 4) is 5.75 Å². The summed E-state index contributed by atoms with van der Waals surface area (Å²) in [4.78, 5) is 24.7. The average Bonchev–Trinajstić information content (AvgIpc) is 2.70. The summed E-state index contributed by atoms with van der Waals surface area (Å²) >= 11 is 0. The first-order chi connectivity index (χ1) is 13.5. The maximum Gasteiger partial charge on any atom is 0.514 e. The van der Waals surface area contributed by atoms with Gasteiger partial charge in [-0.25, -0.2) is 4.79 Å². The topological polar surface area (TPSA) is 64.6 Å². The number of ether oxygens (including phenoxy) is 2. The number of aryl methyl sites for hydroxylation is 2. The molecule has 3 aromatic rings. The van der Waals surface area contributed by atoms with Crippen molar-refractivity contribution < 1.29 is 19.1 Å². The summed E-state index contributed by atoms with van der Waals surface area (Å²) in [5.74, 6) is -0.0129. The molecule has 0 aliphatic rings. The number of hydrogen-bond donors (Lipinski definition) is 1. The van der Waals surface area contributed by atoms with Gasteiger partial charge in [-0.2, -0.15) is 0 Å². The molecular formula is C23H21NO4. The van der Waals surface area contributed by atoms with E-state index in [2.05, 4.69) is 5.32 Å². The van der Waals surface area contributed by atoms with Crippen molar-refractivity contribution in [1.29, 1.82) is 0 Å². The molecule has 0 heterocycles. The molecule has 5 nitrogen and oxygen atoms in total. The molecule has 0 aliphatic carbocycles. The Labute approximate surface area is 163 Å². The van der Waals surface area contributed by atoms with E-state index in [4.69, 9.17) is 9.47 Å². The molecule has 142 valence electrons. The van der Waals surface area contributed by atoms with Crippen LogP contribution in [0.1, 0.15) is 27.0 Å². The Hall–Kier alpha value is -3.60. The van der Waals surface area contributed by atoms with Crippen LogP contribution in [0.5, 0.6) is 5.75 Å². The molecule has 5 heteroatoms. The minimum atomic E-state index is -0.828. The molecule has 0 unspecified atom stereocenters. The Bertz CT molecular complexity index is 969. The van der Waals surface area contributed by atoms with Crippen LogP contribution in [0, 0.1) is 13.8 Å². The quantitative estimate of drug-likeness (QED) is 0.487. The van der Waals surface area contributed by atoms with Gasteiger partial charge >= 0.3 is 6.16 Å². The fourth-order valence-electron chi connectivity index (χ4n) is 2.80. The van der Waals surface area contributed by atoms with Crippen LogP contribution in [0.25, 0.3) is 0 Å². The van der Waals surface area contributed by atoms with E-state index >= 15 is 0 Å². The maximum atomic E-state index is 12.5. The van der Waals surface area contributed by atoms with Crippen LogP contribution in [-0.4, -0.2) is 12.1 Å². The highest BCUT2D eigenvalue weighted by Crippen LogP contribution is 2.31. The number of carbonyl (C=O) groups is 2. The number of nitrogens with one attached hydrogen (secondary N) is 1. The van der Waals surface area contributed by atoms with Crippen LogP contribution in [0.15, 0.2) is 72.8 Å². The zero-order chi connectivity index (χ0) is 19.9. The van der Waals surface area contributed by atoms with E-state index < -0.39 is 6.16 Å². The first-order valence-corrected chi connectivity index (χ1v) is 8.89. The predicted molar refractivity (Wildman–Crippen MR) is 108 cm³/mol. The zero-order valence-electron chi connectivity index (χ0n) is 15.8. The van der Waals surface area contributed by atoms with E-state index in [1.165, 1.54) is 0 Å². The van der Waals surface area contributed by atoms with Crippen LogP contribution in [0.3, 0.4) is 0 Å². The van der Waals surface area contributed by atoms with Crippen molar-refractivity contribution in [3.63, 3.8) is 0 Å². The summed E-state index contributed by atoms with van der Waals surface area (Å²) < 4.78 is 10.6. The van der Waals surface area contributed by atoms with Crippen molar-refractivity contribution in [2.45, 2.75) is 20.5 Å². The summed E-state index contributed by atoms with van der Waals surface area (Å²) in [6.07, 6.45) is -0.828. The van der Waals surface area contributed by atoms with E-state index in [-0.39, 0.29) is 18.3 Å². The summed E-state index contributed by atoms with van der Waals surface area (Å²) in [7, 11) is 0. The minimum Gasteiger partial charge on any atom is -0.429 e. The predicted octanol–water partition coefficient (Wildman–Crippen LogP) is 5.27. The zero-order valence-corrected chi connectivity index (χ0v) is 15.8. The van der Waals surface area contributed by atoms with Crippen LogP contribution >= 0.6 is 0 Å². The highest BCUT2D eigenvalue weighted by atomic mass is 16.7. The fraction of sp³-hybridized carbons (Fsp3) is 0.130. The molecule has 0 bridgehead atoms. The van der Waals surface area contributed by atoms with E-state index in [0.717, 1.165) is 16.7 Å². The van der Waals surface area contributed by atoms with Crippen molar-refractivity contribution in [2.24, 2.45) is 0 Å². The lowest BCUT2D eigenvalue weighted by molar-refractivity contribution is 0.0922. The number of amides is 1. The second kappa shape index (κ2) is 8.86. The van der Waals surface area contributed by atoms with Crippen molar-refractivity contribution in [1.82, 2.24) is 0 Å². The normalized spacial score (nSPS) is 10.2. The summed E-state index contributed by atoms with van der Waals surface area (Å²) in [5.41, 5.74) is 3.45. The maximum absolute atomic E-state index is 12.5. The second-order valence-electron chi connectivity index (χ2n) is 6.40. The van der Waals surface area contributed by atoms with Crippen molar-refractivity contribution >= 4 is 17.7 Å². The van der Waals surface area contributed by atoms with Gasteiger partial charge in [-0.15, -0.1) is 0 Å². The molecule has 28 heavy (non-hydrogen) atoms. The summed E-state index contributed by atoms with van der Waals surface area (Å²) in [6.45, 7) is 3.82. The van der Waals surface area contributed by atoms with Gasteiger partial charge in [0, 0.05) is 5.56 Å². The molecule has 0 saturated carbocycles. The molecule has 3 rings (SSSR count). The van der Waals surface area contributed by atoms with Gasteiger partial charge in [-0.1, -0.05) is 54.6 Å². The molecule has 0 spiro atoms. The fourth-order valence-corrected chi connectivity index (χ4v) is 2.80. The number of rotatable bonds is 5. The number of anilines is 1. The van der Waals surface area contributed by atoms with Gasteiger partial charge in [0.25, 0.3) is 5.91 Å². The van der Waals surface area contributed by atoms with Crippen molar-refractivity contribution in [2.75, 3.05) is 5.32 Å². The molecule has 0 aliphatic heterocycles. The third-order valence-electron chi connectivity index (χ3n) is 4.09. The standard InChI is InChI=1S/C23H21NO4/c1-16-13-17(2)21(28-23(26)27-15-18-9-5-3-6-10-18)20(14-16)24-22(25)19-11-7-4-8-12-19/h3-14H,15H2,1-2H3,(H,24,25). The van der Waals surface area contributed by atoms with Gasteiger partial charge < -0.3 is 14.8 Å². The number of benzene rings is 3. The molecule has 3 aromatic carbocycles. The molecule has 1 N–H and O–H groups in total. The largest absolute Gasteiger partial charge is 0.514 e. The highest BCUT2D eigenvalue weighted by molar-refractivity contribution is 6.05. The van der Waals surface area contributed by atoms with Crippen LogP contribution < -0.4 is 10.1 Å². The Morgan fingerprint density at radius 3 is 2.21 bits per heavy atom. The molecule has 0 fully saturated rings. The van der Waals surface area contributed by atoms with Gasteiger partial charge in [0.05, 0.1) is 5.69 Å². The lowest BCUT2D eigenvalue weighted by Crippen LogP contribution is -2.16. The van der Waals surface area contributed by atoms with E-state index in [1.54, 1.807) is 30.3 Å². The van der Waals surface area contributed by atoms with Gasteiger partial charge in [0.15, 0.2) is 5.75 Å². The second-order valence-corrected chi connectivity index (χ2v) is 6.40. The van der Waals surface area contributed by atoms with Crippen molar-refractivity contribution in [3.05, 3.63) is 95.1 Å². The smallest absolute Gasteiger partial charge is 0.429 e. The summed E-state index contributed by atoms with van der Waals surface area (Å²) in [5, 5.41) is 2.82. The lowest BCUT2D eigenvalue weighted by Gasteiger charge is -2.15. The first-order valence-electron chi connectivity index (χ1n) is 8.89. The molecule has 0 saturated heterocycles. The van der Waals surface area contributed by atoms with E-state index in [0.29, 0.717) is 11.3 Å². The van der Waals surface area contributed by atoms with E-state index in [9.17, 15) is 9.59 Å². The highest BCUT2D eigenvalue weighted by Gasteiger charge is 2.17. The van der Waals surface area contributed by atoms with Gasteiger partial charge in [0.2, 0.25) is 0 Å². The number of hydrogen-bond acceptors (Lipinski definition) is 4. The average molecular weight is 375 g/mol. The third kappa shape index (κ3) is 4.98. The van der Waals surface area contributed by atoms with Crippen LogP contribution in [0.2, 0.25) is 0 Å². The molecule has 0 radical (unpaired) electrons.